The van der Waals surface area contributed by atoms with Crippen molar-refractivity contribution in [3.05, 3.63) is 28.2 Å². The van der Waals surface area contributed by atoms with E-state index in [1.807, 2.05) is 18.2 Å². The minimum atomic E-state index is 0.123. The Bertz CT molecular complexity index is 563. The van der Waals surface area contributed by atoms with Gasteiger partial charge in [0.25, 0.3) is 0 Å². The Kier molecular flexibility index (Phi) is 3.82. The minimum absolute atomic E-state index is 0.123. The van der Waals surface area contributed by atoms with E-state index in [2.05, 4.69) is 21.2 Å². The highest BCUT2D eigenvalue weighted by Crippen LogP contribution is 2.55. The monoisotopic (exact) mass is 352 g/mol. The second-order valence-corrected chi connectivity index (χ2v) is 7.04. The number of nitrogens with two attached hydrogens (primary N) is 1. The van der Waals surface area contributed by atoms with E-state index in [0.29, 0.717) is 22.5 Å². The molecule has 0 spiro atoms. The molecule has 3 N–H and O–H groups in total. The summed E-state index contributed by atoms with van der Waals surface area (Å²) in [5.41, 5.74) is 7.15. The van der Waals surface area contributed by atoms with E-state index in [9.17, 15) is 4.79 Å². The first-order valence-corrected chi connectivity index (χ1v) is 8.18. The van der Waals surface area contributed by atoms with Gasteiger partial charge in [-0.15, -0.1) is 0 Å². The lowest BCUT2D eigenvalue weighted by molar-refractivity contribution is -0.117. The van der Waals surface area contributed by atoms with Crippen LogP contribution in [0.25, 0.3) is 0 Å². The molecule has 0 radical (unpaired) electrons. The maximum atomic E-state index is 12.4. The van der Waals surface area contributed by atoms with Gasteiger partial charge in [0.05, 0.1) is 5.69 Å². The first-order chi connectivity index (χ1) is 9.58. The van der Waals surface area contributed by atoms with Crippen molar-refractivity contribution in [3.63, 3.8) is 0 Å². The average Bonchev–Trinajstić information content (AvgIpc) is 3.12. The summed E-state index contributed by atoms with van der Waals surface area (Å²) in [7, 11) is 0. The van der Waals surface area contributed by atoms with E-state index in [4.69, 9.17) is 18.0 Å². The maximum absolute atomic E-state index is 12.4. The summed E-state index contributed by atoms with van der Waals surface area (Å²) >= 11 is 8.45. The molecule has 1 amide bonds. The summed E-state index contributed by atoms with van der Waals surface area (Å²) in [4.78, 5) is 12.7. The number of rotatable bonds is 3. The summed E-state index contributed by atoms with van der Waals surface area (Å²) in [5.74, 6) is 1.52. The molecule has 20 heavy (non-hydrogen) atoms. The summed E-state index contributed by atoms with van der Waals surface area (Å²) in [6.45, 7) is 0. The van der Waals surface area contributed by atoms with Crippen molar-refractivity contribution in [1.82, 2.24) is 0 Å². The first-order valence-electron chi connectivity index (χ1n) is 6.98. The molecule has 2 aliphatic carbocycles. The Morgan fingerprint density at radius 1 is 1.30 bits per heavy atom. The van der Waals surface area contributed by atoms with Crippen LogP contribution in [0.1, 0.15) is 31.2 Å². The van der Waals surface area contributed by atoms with Crippen LogP contribution in [0.2, 0.25) is 0 Å². The van der Waals surface area contributed by atoms with E-state index < -0.39 is 0 Å². The van der Waals surface area contributed by atoms with E-state index in [0.717, 1.165) is 10.0 Å². The van der Waals surface area contributed by atoms with Crippen LogP contribution in [0.4, 0.5) is 5.69 Å². The minimum Gasteiger partial charge on any atom is -0.389 e. The highest BCUT2D eigenvalue weighted by atomic mass is 79.9. The third-order valence-corrected chi connectivity index (χ3v) is 5.18. The molecule has 0 bridgehead atoms. The van der Waals surface area contributed by atoms with Crippen LogP contribution >= 0.6 is 28.1 Å². The topological polar surface area (TPSA) is 55.1 Å². The van der Waals surface area contributed by atoms with E-state index in [1.165, 1.54) is 25.7 Å². The Labute approximate surface area is 132 Å². The number of nitrogens with one attached hydrogen (secondary N) is 1. The van der Waals surface area contributed by atoms with Crippen molar-refractivity contribution in [1.29, 1.82) is 0 Å². The number of halogens is 1. The van der Waals surface area contributed by atoms with Gasteiger partial charge in [-0.3, -0.25) is 4.79 Å². The molecule has 2 unspecified atom stereocenters. The SMILES string of the molecule is NC(=S)c1ccc(Br)cc1NC(=O)C1C2CCCCC21. The Balaban J connectivity index is 1.76. The number of carbonyl (C=O) groups excluding carboxylic acids is 1. The quantitative estimate of drug-likeness (QED) is 0.819. The van der Waals surface area contributed by atoms with Gasteiger partial charge in [0.1, 0.15) is 4.99 Å². The van der Waals surface area contributed by atoms with Crippen LogP contribution in [0.3, 0.4) is 0 Å². The average molecular weight is 353 g/mol. The van der Waals surface area contributed by atoms with Crippen LogP contribution in [0.15, 0.2) is 22.7 Å². The summed E-state index contributed by atoms with van der Waals surface area (Å²) in [5, 5.41) is 3.01. The zero-order valence-electron chi connectivity index (χ0n) is 11.1. The molecule has 0 saturated heterocycles. The van der Waals surface area contributed by atoms with Gasteiger partial charge in [-0.2, -0.15) is 0 Å². The molecule has 0 aromatic heterocycles. The van der Waals surface area contributed by atoms with Crippen molar-refractivity contribution in [2.75, 3.05) is 5.32 Å². The Hall–Kier alpha value is -0.940. The lowest BCUT2D eigenvalue weighted by atomic mass is 10.0. The summed E-state index contributed by atoms with van der Waals surface area (Å²) in [6.07, 6.45) is 4.92. The van der Waals surface area contributed by atoms with Crippen LogP contribution in [0.5, 0.6) is 0 Å². The highest BCUT2D eigenvalue weighted by molar-refractivity contribution is 9.10. The van der Waals surface area contributed by atoms with Gasteiger partial charge >= 0.3 is 0 Å². The number of thiocarbonyl (C=S) groups is 1. The number of hydrogen-bond acceptors (Lipinski definition) is 2. The van der Waals surface area contributed by atoms with E-state index >= 15 is 0 Å². The molecule has 2 aliphatic rings. The molecule has 0 aliphatic heterocycles. The van der Waals surface area contributed by atoms with Gasteiger partial charge in [0, 0.05) is 16.0 Å². The Morgan fingerprint density at radius 2 is 1.95 bits per heavy atom. The van der Waals surface area contributed by atoms with E-state index in [-0.39, 0.29) is 11.8 Å². The molecule has 2 atom stereocenters. The number of hydrogen-bond donors (Lipinski definition) is 2. The van der Waals surface area contributed by atoms with Gasteiger partial charge in [0.2, 0.25) is 5.91 Å². The molecule has 0 heterocycles. The van der Waals surface area contributed by atoms with Crippen LogP contribution in [0, 0.1) is 17.8 Å². The second-order valence-electron chi connectivity index (χ2n) is 5.68. The molecule has 2 fully saturated rings. The fraction of sp³-hybridized carbons (Fsp3) is 0.467. The molecule has 2 saturated carbocycles. The summed E-state index contributed by atoms with van der Waals surface area (Å²) < 4.78 is 0.904. The molecular formula is C15H17BrN2OS. The lowest BCUT2D eigenvalue weighted by Gasteiger charge is -2.10. The third kappa shape index (κ3) is 2.61. The van der Waals surface area contributed by atoms with Gasteiger partial charge in [-0.1, -0.05) is 41.0 Å². The molecule has 1 aromatic rings. The Morgan fingerprint density at radius 3 is 2.55 bits per heavy atom. The summed E-state index contributed by atoms with van der Waals surface area (Å²) in [6, 6.07) is 5.57. The standard InChI is InChI=1S/C15H17BrN2OS/c16-8-5-6-11(14(17)20)12(7-8)18-15(19)13-9-3-1-2-4-10(9)13/h5-7,9-10,13H,1-4H2,(H2,17,20)(H,18,19). The molecular weight excluding hydrogens is 336 g/mol. The zero-order valence-corrected chi connectivity index (χ0v) is 13.5. The van der Waals surface area contributed by atoms with Gasteiger partial charge in [-0.05, 0) is 42.9 Å². The highest BCUT2D eigenvalue weighted by Gasteiger charge is 2.54. The number of amides is 1. The van der Waals surface area contributed by atoms with Crippen LogP contribution in [-0.4, -0.2) is 10.9 Å². The van der Waals surface area contributed by atoms with Crippen molar-refractivity contribution >= 4 is 44.7 Å². The normalized spacial score (nSPS) is 27.6. The zero-order chi connectivity index (χ0) is 14.3. The molecule has 1 aromatic carbocycles. The number of anilines is 1. The van der Waals surface area contributed by atoms with Crippen molar-refractivity contribution in [2.45, 2.75) is 25.7 Å². The van der Waals surface area contributed by atoms with Crippen molar-refractivity contribution in [3.8, 4) is 0 Å². The molecule has 106 valence electrons. The van der Waals surface area contributed by atoms with Gasteiger partial charge < -0.3 is 11.1 Å². The number of carbonyl (C=O) groups is 1. The maximum Gasteiger partial charge on any atom is 0.228 e. The van der Waals surface area contributed by atoms with Gasteiger partial charge in [0.15, 0.2) is 0 Å². The second kappa shape index (κ2) is 5.45. The van der Waals surface area contributed by atoms with E-state index in [1.54, 1.807) is 0 Å². The molecule has 3 rings (SSSR count). The van der Waals surface area contributed by atoms with Gasteiger partial charge in [-0.25, -0.2) is 0 Å². The van der Waals surface area contributed by atoms with Crippen LogP contribution < -0.4 is 11.1 Å². The number of fused-ring (bicyclic) bond motifs is 1. The fourth-order valence-corrected chi connectivity index (χ4v) is 3.97. The molecule has 3 nitrogen and oxygen atoms in total. The fourth-order valence-electron chi connectivity index (χ4n) is 3.43. The van der Waals surface area contributed by atoms with Crippen molar-refractivity contribution in [2.24, 2.45) is 23.5 Å². The predicted molar refractivity (Wildman–Crippen MR) is 87.6 cm³/mol. The van der Waals surface area contributed by atoms with Crippen LogP contribution in [-0.2, 0) is 4.79 Å². The number of benzene rings is 1. The predicted octanol–water partition coefficient (Wildman–Crippen LogP) is 3.46. The largest absolute Gasteiger partial charge is 0.389 e. The smallest absolute Gasteiger partial charge is 0.228 e. The lowest BCUT2D eigenvalue weighted by Crippen LogP contribution is -2.19. The first kappa shape index (κ1) is 14.0. The molecule has 5 heteroatoms. The third-order valence-electron chi connectivity index (χ3n) is 4.46. The van der Waals surface area contributed by atoms with Crippen molar-refractivity contribution < 1.29 is 4.79 Å².